The average Bonchev–Trinajstić information content (AvgIpc) is 2.47. The van der Waals surface area contributed by atoms with Crippen molar-refractivity contribution in [3.05, 3.63) is 41.4 Å². The zero-order valence-electron chi connectivity index (χ0n) is 12.7. The van der Waals surface area contributed by atoms with Crippen LogP contribution in [-0.2, 0) is 9.59 Å². The number of carbonyl (C=O) groups is 2. The van der Waals surface area contributed by atoms with Crippen molar-refractivity contribution in [2.45, 2.75) is 26.8 Å². The van der Waals surface area contributed by atoms with Crippen molar-refractivity contribution < 1.29 is 14.3 Å². The van der Waals surface area contributed by atoms with Crippen LogP contribution in [0, 0.1) is 5.92 Å². The first-order valence-electron chi connectivity index (χ1n) is 7.06. The number of nitrogens with one attached hydrogen (secondary N) is 1. The first-order valence-corrected chi connectivity index (χ1v) is 7.44. The maximum Gasteiger partial charge on any atom is 0.334 e. The summed E-state index contributed by atoms with van der Waals surface area (Å²) in [6.45, 7) is 5.07. The van der Waals surface area contributed by atoms with Crippen molar-refractivity contribution in [3.8, 4) is 5.75 Å². The van der Waals surface area contributed by atoms with E-state index in [-0.39, 0.29) is 11.8 Å². The van der Waals surface area contributed by atoms with Crippen LogP contribution in [0.5, 0.6) is 5.75 Å². The van der Waals surface area contributed by atoms with Gasteiger partial charge in [0.25, 0.3) is 0 Å². The van der Waals surface area contributed by atoms with Crippen LogP contribution >= 0.6 is 11.6 Å². The summed E-state index contributed by atoms with van der Waals surface area (Å²) in [5.74, 6) is -0.398. The number of carbonyl (C=O) groups excluding carboxylic acids is 2. The minimum Gasteiger partial charge on any atom is -0.424 e. The molecule has 2 aromatic carbocycles. The molecule has 0 bridgehead atoms. The highest BCUT2D eigenvalue weighted by atomic mass is 35.5. The molecule has 2 aromatic rings. The monoisotopic (exact) mass is 319 g/mol. The number of hydrogen-bond acceptors (Lipinski definition) is 3. The molecule has 0 fully saturated rings. The highest BCUT2D eigenvalue weighted by Gasteiger charge is 2.25. The second-order valence-electron chi connectivity index (χ2n) is 5.43. The third kappa shape index (κ3) is 3.57. The number of benzene rings is 2. The van der Waals surface area contributed by atoms with Gasteiger partial charge >= 0.3 is 5.97 Å². The molecule has 0 radical (unpaired) electrons. The van der Waals surface area contributed by atoms with Gasteiger partial charge in [-0.15, -0.1) is 0 Å². The number of ether oxygens (including phenoxy) is 1. The fourth-order valence-corrected chi connectivity index (χ4v) is 2.44. The summed E-state index contributed by atoms with van der Waals surface area (Å²) < 4.78 is 5.49. The Balaban J connectivity index is 2.32. The first-order chi connectivity index (χ1) is 10.4. The van der Waals surface area contributed by atoms with E-state index in [9.17, 15) is 9.59 Å². The Bertz CT molecular complexity index is 712. The number of amides is 1. The quantitative estimate of drug-likeness (QED) is 0.692. The molecule has 0 spiro atoms. The molecule has 5 heteroatoms. The van der Waals surface area contributed by atoms with E-state index in [1.165, 1.54) is 6.92 Å². The van der Waals surface area contributed by atoms with Crippen molar-refractivity contribution in [2.24, 2.45) is 5.92 Å². The summed E-state index contributed by atoms with van der Waals surface area (Å²) in [5, 5.41) is 4.79. The van der Waals surface area contributed by atoms with Crippen molar-refractivity contribution in [1.82, 2.24) is 5.32 Å². The number of halogens is 1. The van der Waals surface area contributed by atoms with E-state index in [1.54, 1.807) is 12.1 Å². The lowest BCUT2D eigenvalue weighted by Crippen LogP contribution is -2.45. The van der Waals surface area contributed by atoms with Crippen LogP contribution in [0.25, 0.3) is 10.8 Å². The van der Waals surface area contributed by atoms with Gasteiger partial charge in [-0.3, -0.25) is 4.79 Å². The Kier molecular flexibility index (Phi) is 5.03. The molecule has 1 N–H and O–H groups in total. The Labute approximate surface area is 134 Å². The lowest BCUT2D eigenvalue weighted by atomic mass is 10.0. The number of esters is 1. The van der Waals surface area contributed by atoms with E-state index in [0.717, 1.165) is 10.8 Å². The highest BCUT2D eigenvalue weighted by Crippen LogP contribution is 2.31. The van der Waals surface area contributed by atoms with Gasteiger partial charge in [-0.2, -0.15) is 0 Å². The van der Waals surface area contributed by atoms with Gasteiger partial charge in [-0.25, -0.2) is 4.79 Å². The van der Waals surface area contributed by atoms with Gasteiger partial charge < -0.3 is 10.1 Å². The molecule has 0 aliphatic heterocycles. The lowest BCUT2D eigenvalue weighted by Gasteiger charge is -2.20. The summed E-state index contributed by atoms with van der Waals surface area (Å²) in [6, 6.07) is 10.1. The molecule has 0 aliphatic carbocycles. The molecule has 0 saturated carbocycles. The second kappa shape index (κ2) is 6.79. The van der Waals surface area contributed by atoms with Gasteiger partial charge in [0.15, 0.2) is 0 Å². The normalized spacial score (nSPS) is 12.2. The number of rotatable bonds is 4. The Morgan fingerprint density at radius 1 is 1.09 bits per heavy atom. The minimum absolute atomic E-state index is 0.0741. The molecule has 116 valence electrons. The smallest absolute Gasteiger partial charge is 0.334 e. The van der Waals surface area contributed by atoms with Crippen LogP contribution in [0.4, 0.5) is 0 Å². The Hall–Kier alpha value is -2.07. The topological polar surface area (TPSA) is 55.4 Å². The highest BCUT2D eigenvalue weighted by molar-refractivity contribution is 6.35. The molecule has 1 amide bonds. The van der Waals surface area contributed by atoms with Crippen LogP contribution in [0.2, 0.25) is 5.02 Å². The standard InChI is InChI=1S/C17H18ClNO3/c1-10(2)16(19-11(3)20)17(21)22-15-9-8-14(18)12-6-4-5-7-13(12)15/h4-10,16H,1-3H3,(H,19,20)/t16-/m0/s1. The molecular formula is C17H18ClNO3. The van der Waals surface area contributed by atoms with Crippen LogP contribution in [-0.4, -0.2) is 17.9 Å². The fourth-order valence-electron chi connectivity index (χ4n) is 2.21. The van der Waals surface area contributed by atoms with Crippen molar-refractivity contribution in [1.29, 1.82) is 0 Å². The predicted octanol–water partition coefficient (Wildman–Crippen LogP) is 3.56. The van der Waals surface area contributed by atoms with Crippen molar-refractivity contribution >= 4 is 34.2 Å². The lowest BCUT2D eigenvalue weighted by molar-refractivity contribution is -0.140. The Morgan fingerprint density at radius 3 is 2.32 bits per heavy atom. The summed E-state index contributed by atoms with van der Waals surface area (Å²) in [4.78, 5) is 23.6. The van der Waals surface area contributed by atoms with Gasteiger partial charge in [0, 0.05) is 22.7 Å². The van der Waals surface area contributed by atoms with E-state index in [1.807, 2.05) is 38.1 Å². The van der Waals surface area contributed by atoms with Crippen molar-refractivity contribution in [3.63, 3.8) is 0 Å². The third-order valence-electron chi connectivity index (χ3n) is 3.32. The van der Waals surface area contributed by atoms with E-state index in [4.69, 9.17) is 16.3 Å². The zero-order chi connectivity index (χ0) is 16.3. The molecule has 2 rings (SSSR count). The largest absolute Gasteiger partial charge is 0.424 e. The van der Waals surface area contributed by atoms with E-state index >= 15 is 0 Å². The van der Waals surface area contributed by atoms with Gasteiger partial charge in [0.2, 0.25) is 5.91 Å². The Morgan fingerprint density at radius 2 is 1.73 bits per heavy atom. The molecule has 0 aliphatic rings. The van der Waals surface area contributed by atoms with Crippen LogP contribution in [0.3, 0.4) is 0 Å². The molecular weight excluding hydrogens is 302 g/mol. The SMILES string of the molecule is CC(=O)N[C@H](C(=O)Oc1ccc(Cl)c2ccccc12)C(C)C. The van der Waals surface area contributed by atoms with E-state index in [2.05, 4.69) is 5.32 Å². The van der Waals surface area contributed by atoms with Gasteiger partial charge in [-0.1, -0.05) is 49.7 Å². The van der Waals surface area contributed by atoms with Gasteiger partial charge in [0.1, 0.15) is 11.8 Å². The molecule has 0 unspecified atom stereocenters. The maximum atomic E-state index is 12.3. The fraction of sp³-hybridized carbons (Fsp3) is 0.294. The first kappa shape index (κ1) is 16.3. The molecule has 1 atom stereocenters. The minimum atomic E-state index is -0.688. The van der Waals surface area contributed by atoms with Gasteiger partial charge in [0.05, 0.1) is 0 Å². The zero-order valence-corrected chi connectivity index (χ0v) is 13.5. The number of hydrogen-bond donors (Lipinski definition) is 1. The van der Waals surface area contributed by atoms with E-state index < -0.39 is 12.0 Å². The van der Waals surface area contributed by atoms with Gasteiger partial charge in [-0.05, 0) is 18.1 Å². The van der Waals surface area contributed by atoms with Crippen molar-refractivity contribution in [2.75, 3.05) is 0 Å². The molecule has 0 heterocycles. The molecule has 0 aromatic heterocycles. The summed E-state index contributed by atoms with van der Waals surface area (Å²) in [7, 11) is 0. The van der Waals surface area contributed by atoms with Crippen LogP contribution in [0.15, 0.2) is 36.4 Å². The maximum absolute atomic E-state index is 12.3. The average molecular weight is 320 g/mol. The number of fused-ring (bicyclic) bond motifs is 1. The van der Waals surface area contributed by atoms with E-state index in [0.29, 0.717) is 10.8 Å². The second-order valence-corrected chi connectivity index (χ2v) is 5.84. The third-order valence-corrected chi connectivity index (χ3v) is 3.65. The predicted molar refractivity (Wildman–Crippen MR) is 87.0 cm³/mol. The summed E-state index contributed by atoms with van der Waals surface area (Å²) >= 11 is 6.15. The molecule has 0 saturated heterocycles. The summed E-state index contributed by atoms with van der Waals surface area (Å²) in [5.41, 5.74) is 0. The summed E-state index contributed by atoms with van der Waals surface area (Å²) in [6.07, 6.45) is 0. The molecule has 4 nitrogen and oxygen atoms in total. The van der Waals surface area contributed by atoms with Crippen LogP contribution in [0.1, 0.15) is 20.8 Å². The van der Waals surface area contributed by atoms with Crippen LogP contribution < -0.4 is 10.1 Å². The molecule has 22 heavy (non-hydrogen) atoms.